The summed E-state index contributed by atoms with van der Waals surface area (Å²) in [5.41, 5.74) is -0.0562. The van der Waals surface area contributed by atoms with Crippen LogP contribution in [0.4, 0.5) is 5.82 Å². The van der Waals surface area contributed by atoms with Crippen molar-refractivity contribution in [3.8, 4) is 0 Å². The molecule has 0 spiro atoms. The largest absolute Gasteiger partial charge is 0.476 e. The molecule has 0 aromatic carbocycles. The zero-order valence-electron chi connectivity index (χ0n) is 14.7. The number of piperidine rings is 1. The molecule has 0 unspecified atom stereocenters. The minimum atomic E-state index is -1.08. The maximum Gasteiger partial charge on any atom is 0.356 e. The lowest BCUT2D eigenvalue weighted by atomic mass is 10.0. The molecule has 2 aromatic heterocycles. The van der Waals surface area contributed by atoms with Crippen LogP contribution in [0.5, 0.6) is 0 Å². The van der Waals surface area contributed by atoms with Gasteiger partial charge >= 0.3 is 5.97 Å². The van der Waals surface area contributed by atoms with E-state index < -0.39 is 5.97 Å². The molecule has 1 aliphatic heterocycles. The predicted octanol–water partition coefficient (Wildman–Crippen LogP) is 2.76. The van der Waals surface area contributed by atoms with Crippen molar-refractivity contribution < 1.29 is 14.7 Å². The van der Waals surface area contributed by atoms with Crippen molar-refractivity contribution in [3.05, 3.63) is 40.5 Å². The van der Waals surface area contributed by atoms with E-state index in [1.165, 1.54) is 23.7 Å². The van der Waals surface area contributed by atoms with Crippen molar-refractivity contribution in [3.63, 3.8) is 0 Å². The second-order valence-electron chi connectivity index (χ2n) is 6.26. The van der Waals surface area contributed by atoms with E-state index in [9.17, 15) is 9.59 Å². The number of aromatic carboxylic acids is 1. The van der Waals surface area contributed by atoms with Crippen LogP contribution in [0.3, 0.4) is 0 Å². The molecule has 1 saturated heterocycles. The Kier molecular flexibility index (Phi) is 5.82. The Labute approximate surface area is 156 Å². The number of hydrogen-bond donors (Lipinski definition) is 1. The van der Waals surface area contributed by atoms with Crippen molar-refractivity contribution in [2.45, 2.75) is 32.2 Å². The first-order chi connectivity index (χ1) is 12.6. The van der Waals surface area contributed by atoms with Crippen LogP contribution >= 0.6 is 11.3 Å². The minimum Gasteiger partial charge on any atom is -0.476 e. The van der Waals surface area contributed by atoms with Gasteiger partial charge in [0.05, 0.1) is 17.3 Å². The fourth-order valence-corrected chi connectivity index (χ4v) is 3.91. The van der Waals surface area contributed by atoms with Gasteiger partial charge in [0.25, 0.3) is 5.91 Å². The molecule has 3 rings (SSSR count). The number of aromatic nitrogens is 2. The fourth-order valence-electron chi connectivity index (χ4n) is 3.23. The van der Waals surface area contributed by atoms with Gasteiger partial charge in [-0.05, 0) is 30.7 Å². The van der Waals surface area contributed by atoms with Gasteiger partial charge in [0.2, 0.25) is 0 Å². The average Bonchev–Trinajstić information content (AvgIpc) is 3.21. The standard InChI is InChI=1S/C18H22N4O3S/c1-2-7-22(17(23)15-4-3-10-26-15)13-5-8-21(9-6-13)16-12-19-14(11-20-16)18(24)25/h3-4,10-13H,2,5-9H2,1H3,(H,24,25). The van der Waals surface area contributed by atoms with Crippen LogP contribution in [0.25, 0.3) is 0 Å². The highest BCUT2D eigenvalue weighted by atomic mass is 32.1. The lowest BCUT2D eigenvalue weighted by Gasteiger charge is -2.38. The Balaban J connectivity index is 1.64. The van der Waals surface area contributed by atoms with Crippen molar-refractivity contribution in [1.82, 2.24) is 14.9 Å². The van der Waals surface area contributed by atoms with Crippen LogP contribution in [0.15, 0.2) is 29.9 Å². The Hall–Kier alpha value is -2.48. The molecule has 7 nitrogen and oxygen atoms in total. The molecule has 0 aliphatic carbocycles. The Morgan fingerprint density at radius 3 is 2.62 bits per heavy atom. The quantitative estimate of drug-likeness (QED) is 0.837. The SMILES string of the molecule is CCCN(C(=O)c1cccs1)C1CCN(c2cnc(C(=O)O)cn2)CC1. The zero-order valence-corrected chi connectivity index (χ0v) is 15.5. The number of rotatable bonds is 6. The first-order valence-corrected chi connectivity index (χ1v) is 9.63. The summed E-state index contributed by atoms with van der Waals surface area (Å²) >= 11 is 1.48. The highest BCUT2D eigenvalue weighted by Crippen LogP contribution is 2.23. The second-order valence-corrected chi connectivity index (χ2v) is 7.21. The molecule has 1 fully saturated rings. The molecule has 3 heterocycles. The first-order valence-electron chi connectivity index (χ1n) is 8.75. The van der Waals surface area contributed by atoms with E-state index in [0.29, 0.717) is 5.82 Å². The van der Waals surface area contributed by atoms with Crippen LogP contribution in [-0.4, -0.2) is 57.5 Å². The van der Waals surface area contributed by atoms with Crippen LogP contribution in [0.1, 0.15) is 46.3 Å². The average molecular weight is 374 g/mol. The van der Waals surface area contributed by atoms with E-state index in [1.54, 1.807) is 0 Å². The van der Waals surface area contributed by atoms with Gasteiger partial charge in [-0.3, -0.25) is 4.79 Å². The maximum absolute atomic E-state index is 12.8. The van der Waals surface area contributed by atoms with Crippen molar-refractivity contribution in [2.24, 2.45) is 0 Å². The molecule has 0 saturated carbocycles. The van der Waals surface area contributed by atoms with Crippen LogP contribution in [-0.2, 0) is 0 Å². The monoisotopic (exact) mass is 374 g/mol. The third kappa shape index (κ3) is 4.01. The number of nitrogens with zero attached hydrogens (tertiary/aromatic N) is 4. The van der Waals surface area contributed by atoms with E-state index in [0.717, 1.165) is 43.8 Å². The molecular weight excluding hydrogens is 352 g/mol. The molecule has 0 radical (unpaired) electrons. The Bertz CT molecular complexity index is 740. The predicted molar refractivity (Wildman–Crippen MR) is 99.9 cm³/mol. The molecule has 0 atom stereocenters. The molecule has 1 N–H and O–H groups in total. The van der Waals surface area contributed by atoms with Crippen LogP contribution in [0, 0.1) is 0 Å². The lowest BCUT2D eigenvalue weighted by molar-refractivity contribution is 0.0653. The van der Waals surface area contributed by atoms with E-state index in [1.807, 2.05) is 22.4 Å². The lowest BCUT2D eigenvalue weighted by Crippen LogP contribution is -2.47. The van der Waals surface area contributed by atoms with Gasteiger partial charge in [0.1, 0.15) is 5.82 Å². The molecule has 0 bridgehead atoms. The third-order valence-electron chi connectivity index (χ3n) is 4.54. The number of carboxylic acid groups (broad SMARTS) is 1. The Morgan fingerprint density at radius 2 is 2.08 bits per heavy atom. The summed E-state index contributed by atoms with van der Waals surface area (Å²) in [5.74, 6) is -0.281. The summed E-state index contributed by atoms with van der Waals surface area (Å²) < 4.78 is 0. The fraction of sp³-hybridized carbons (Fsp3) is 0.444. The first kappa shape index (κ1) is 18.3. The number of carboxylic acids is 1. The molecule has 1 amide bonds. The summed E-state index contributed by atoms with van der Waals surface area (Å²) in [6.45, 7) is 4.38. The van der Waals surface area contributed by atoms with Gasteiger partial charge in [0, 0.05) is 25.7 Å². The molecule has 26 heavy (non-hydrogen) atoms. The summed E-state index contributed by atoms with van der Waals surface area (Å²) in [5, 5.41) is 10.8. The van der Waals surface area contributed by atoms with E-state index in [4.69, 9.17) is 5.11 Å². The number of anilines is 1. The van der Waals surface area contributed by atoms with Gasteiger partial charge in [0.15, 0.2) is 5.69 Å². The summed E-state index contributed by atoms with van der Waals surface area (Å²) in [7, 11) is 0. The molecular formula is C18H22N4O3S. The molecule has 1 aliphatic rings. The van der Waals surface area contributed by atoms with Gasteiger partial charge < -0.3 is 14.9 Å². The maximum atomic E-state index is 12.8. The van der Waals surface area contributed by atoms with Gasteiger partial charge in [-0.1, -0.05) is 13.0 Å². The minimum absolute atomic E-state index is 0.0562. The van der Waals surface area contributed by atoms with E-state index >= 15 is 0 Å². The highest BCUT2D eigenvalue weighted by molar-refractivity contribution is 7.12. The van der Waals surface area contributed by atoms with Gasteiger partial charge in [-0.2, -0.15) is 0 Å². The normalized spacial score (nSPS) is 15.0. The highest BCUT2D eigenvalue weighted by Gasteiger charge is 2.29. The topological polar surface area (TPSA) is 86.6 Å². The van der Waals surface area contributed by atoms with Gasteiger partial charge in [-0.25, -0.2) is 14.8 Å². The second kappa shape index (κ2) is 8.27. The molecule has 2 aromatic rings. The van der Waals surface area contributed by atoms with Crippen LogP contribution < -0.4 is 4.90 Å². The smallest absolute Gasteiger partial charge is 0.356 e. The number of carbonyl (C=O) groups is 2. The molecule has 138 valence electrons. The summed E-state index contributed by atoms with van der Waals surface area (Å²) in [6, 6.07) is 4.00. The van der Waals surface area contributed by atoms with E-state index in [-0.39, 0.29) is 17.6 Å². The summed E-state index contributed by atoms with van der Waals surface area (Å²) in [6.07, 6.45) is 5.44. The number of hydrogen-bond acceptors (Lipinski definition) is 6. The third-order valence-corrected chi connectivity index (χ3v) is 5.40. The number of amides is 1. The van der Waals surface area contributed by atoms with Gasteiger partial charge in [-0.15, -0.1) is 11.3 Å². The van der Waals surface area contributed by atoms with Crippen molar-refractivity contribution in [1.29, 1.82) is 0 Å². The van der Waals surface area contributed by atoms with Crippen molar-refractivity contribution in [2.75, 3.05) is 24.5 Å². The van der Waals surface area contributed by atoms with Crippen molar-refractivity contribution >= 4 is 29.0 Å². The van der Waals surface area contributed by atoms with E-state index in [2.05, 4.69) is 21.8 Å². The number of thiophene rings is 1. The number of carbonyl (C=O) groups excluding carboxylic acids is 1. The van der Waals surface area contributed by atoms with Crippen LogP contribution in [0.2, 0.25) is 0 Å². The molecule has 8 heteroatoms. The zero-order chi connectivity index (χ0) is 18.5. The summed E-state index contributed by atoms with van der Waals surface area (Å²) in [4.78, 5) is 36.7. The Morgan fingerprint density at radius 1 is 1.31 bits per heavy atom.